The predicted molar refractivity (Wildman–Crippen MR) is 391 cm³/mol. The van der Waals surface area contributed by atoms with Gasteiger partial charge >= 0.3 is 39.5 Å². The summed E-state index contributed by atoms with van der Waals surface area (Å²) in [6.07, 6.45) is 51.4. The Morgan fingerprint density at radius 2 is 0.500 bits per heavy atom. The van der Waals surface area contributed by atoms with E-state index in [-0.39, 0.29) is 25.7 Å². The number of hydrogen-bond acceptors (Lipinski definition) is 15. The largest absolute Gasteiger partial charge is 0.472 e. The maximum Gasteiger partial charge on any atom is 0.472 e. The van der Waals surface area contributed by atoms with E-state index in [1.807, 2.05) is 0 Å². The average Bonchev–Trinajstić information content (AvgIpc) is 2.00. The molecule has 96 heavy (non-hydrogen) atoms. The molecule has 0 aliphatic carbocycles. The van der Waals surface area contributed by atoms with Crippen LogP contribution < -0.4 is 0 Å². The average molecular weight is 1410 g/mol. The lowest BCUT2D eigenvalue weighted by Crippen LogP contribution is -2.30. The molecule has 0 spiro atoms. The van der Waals surface area contributed by atoms with Gasteiger partial charge in [0.05, 0.1) is 26.4 Å². The van der Waals surface area contributed by atoms with Gasteiger partial charge in [0.15, 0.2) is 12.2 Å². The fraction of sp³-hybridized carbons (Fsp3) is 0.948. The van der Waals surface area contributed by atoms with Crippen molar-refractivity contribution in [1.29, 1.82) is 0 Å². The zero-order valence-corrected chi connectivity index (χ0v) is 64.8. The van der Waals surface area contributed by atoms with Crippen LogP contribution in [0.5, 0.6) is 0 Å². The van der Waals surface area contributed by atoms with E-state index >= 15 is 0 Å². The van der Waals surface area contributed by atoms with Crippen LogP contribution in [0.1, 0.15) is 389 Å². The topological polar surface area (TPSA) is 237 Å². The lowest BCUT2D eigenvalue weighted by molar-refractivity contribution is -0.161. The molecule has 17 nitrogen and oxygen atoms in total. The first-order chi connectivity index (χ1) is 46.2. The molecule has 0 aromatic carbocycles. The summed E-state index contributed by atoms with van der Waals surface area (Å²) in [6.45, 7) is 14.2. The summed E-state index contributed by atoms with van der Waals surface area (Å²) in [5.41, 5.74) is 0. The Kier molecular flexibility index (Phi) is 65.0. The van der Waals surface area contributed by atoms with Crippen LogP contribution in [-0.2, 0) is 65.4 Å². The van der Waals surface area contributed by atoms with Crippen LogP contribution in [0.15, 0.2) is 0 Å². The minimum absolute atomic E-state index is 0.104. The van der Waals surface area contributed by atoms with Crippen molar-refractivity contribution in [3.63, 3.8) is 0 Å². The molecule has 0 saturated carbocycles. The van der Waals surface area contributed by atoms with Crippen LogP contribution in [0.25, 0.3) is 0 Å². The molecule has 570 valence electrons. The Bertz CT molecular complexity index is 1890. The van der Waals surface area contributed by atoms with Gasteiger partial charge in [-0.1, -0.05) is 338 Å². The zero-order chi connectivity index (χ0) is 71.0. The molecule has 0 rings (SSSR count). The molecule has 0 radical (unpaired) electrons. The monoisotopic (exact) mass is 1410 g/mol. The van der Waals surface area contributed by atoms with Crippen molar-refractivity contribution in [2.75, 3.05) is 39.6 Å². The maximum atomic E-state index is 13.1. The predicted octanol–water partition coefficient (Wildman–Crippen LogP) is 22.4. The van der Waals surface area contributed by atoms with Gasteiger partial charge in [-0.05, 0) is 49.4 Å². The lowest BCUT2D eigenvalue weighted by Gasteiger charge is -2.21. The molecule has 0 aromatic rings. The first kappa shape index (κ1) is 94.1. The summed E-state index contributed by atoms with van der Waals surface area (Å²) in [4.78, 5) is 72.8. The maximum absolute atomic E-state index is 13.1. The second-order valence-corrected chi connectivity index (χ2v) is 32.1. The van der Waals surface area contributed by atoms with Crippen molar-refractivity contribution < 1.29 is 80.2 Å². The van der Waals surface area contributed by atoms with Crippen LogP contribution in [-0.4, -0.2) is 96.7 Å². The van der Waals surface area contributed by atoms with E-state index in [9.17, 15) is 43.2 Å². The number of aliphatic hydroxyl groups excluding tert-OH is 1. The van der Waals surface area contributed by atoms with Gasteiger partial charge in [-0.25, -0.2) is 9.13 Å². The van der Waals surface area contributed by atoms with E-state index in [2.05, 4.69) is 55.4 Å². The number of carbonyl (C=O) groups excluding carboxylic acids is 4. The molecule has 0 saturated heterocycles. The lowest BCUT2D eigenvalue weighted by atomic mass is 9.99. The first-order valence-electron chi connectivity index (χ1n) is 39.8. The zero-order valence-electron chi connectivity index (χ0n) is 63.0. The molecule has 7 atom stereocenters. The summed E-state index contributed by atoms with van der Waals surface area (Å²) in [6, 6.07) is 0. The van der Waals surface area contributed by atoms with E-state index in [0.29, 0.717) is 31.6 Å². The standard InChI is InChI=1S/C77H150O17P2/c1-9-69(7)55-47-39-30-24-20-16-12-14-18-22-26-33-43-51-59-76(81)93-72(63-87-74(79)57-49-41-32-25-21-17-13-11-15-19-23-29-37-45-53-67(3)4)65-91-95(83,84)89-61-71(78)62-90-96(85,86)92-66-73(64-88-75(80)58-50-42-36-35-38-46-54-68(5)6)94-77(82)60-52-44-34-28-27-31-40-48-56-70(8)10-2/h67-73,78H,9-66H2,1-8H3,(H,83,84)(H,85,86)/t69?,70?,71-,72-,73-/m1/s1. The SMILES string of the molecule is CCC(C)CCCCCCCCCCCCCCCCC(=O)O[C@H](COC(=O)CCCCCCCCCCCCCCCCC(C)C)COP(=O)(O)OC[C@@H](O)COP(=O)(O)OC[C@@H](COC(=O)CCCCCCCCC(C)C)OC(=O)CCCCCCCCCCC(C)CC. The summed E-state index contributed by atoms with van der Waals surface area (Å²) in [7, 11) is -9.91. The van der Waals surface area contributed by atoms with Crippen LogP contribution in [0.3, 0.4) is 0 Å². The molecule has 0 aliphatic heterocycles. The van der Waals surface area contributed by atoms with Gasteiger partial charge in [0, 0.05) is 25.7 Å². The van der Waals surface area contributed by atoms with Gasteiger partial charge in [-0.15, -0.1) is 0 Å². The molecular weight excluding hydrogens is 1260 g/mol. The molecule has 0 bridgehead atoms. The smallest absolute Gasteiger partial charge is 0.462 e. The summed E-state index contributed by atoms with van der Waals surface area (Å²) < 4.78 is 68.5. The summed E-state index contributed by atoms with van der Waals surface area (Å²) in [5.74, 6) is 0.972. The quantitative estimate of drug-likeness (QED) is 0.0222. The van der Waals surface area contributed by atoms with Crippen LogP contribution in [0.2, 0.25) is 0 Å². The van der Waals surface area contributed by atoms with Gasteiger partial charge in [-0.3, -0.25) is 37.3 Å². The number of esters is 4. The third-order valence-electron chi connectivity index (χ3n) is 18.5. The Morgan fingerprint density at radius 3 is 0.740 bits per heavy atom. The van der Waals surface area contributed by atoms with E-state index in [1.54, 1.807) is 0 Å². The molecule has 0 heterocycles. The molecule has 0 aromatic heterocycles. The fourth-order valence-corrected chi connectivity index (χ4v) is 13.2. The van der Waals surface area contributed by atoms with Crippen molar-refractivity contribution >= 4 is 39.5 Å². The van der Waals surface area contributed by atoms with Gasteiger partial charge in [0.1, 0.15) is 19.3 Å². The van der Waals surface area contributed by atoms with Crippen molar-refractivity contribution in [3.8, 4) is 0 Å². The molecular formula is C77H150O17P2. The second kappa shape index (κ2) is 66.3. The number of rotatable bonds is 74. The van der Waals surface area contributed by atoms with Crippen LogP contribution >= 0.6 is 15.6 Å². The number of hydrogen-bond donors (Lipinski definition) is 3. The Morgan fingerprint density at radius 1 is 0.292 bits per heavy atom. The molecule has 19 heteroatoms. The van der Waals surface area contributed by atoms with E-state index < -0.39 is 97.5 Å². The third kappa shape index (κ3) is 67.9. The second-order valence-electron chi connectivity index (χ2n) is 29.2. The molecule has 0 amide bonds. The number of phosphoric acid groups is 2. The molecule has 3 N–H and O–H groups in total. The molecule has 0 aliphatic rings. The number of carbonyl (C=O) groups is 4. The first-order valence-corrected chi connectivity index (χ1v) is 42.8. The highest BCUT2D eigenvalue weighted by Crippen LogP contribution is 2.45. The number of aliphatic hydroxyl groups is 1. The third-order valence-corrected chi connectivity index (χ3v) is 20.4. The van der Waals surface area contributed by atoms with Crippen LogP contribution in [0, 0.1) is 23.7 Å². The van der Waals surface area contributed by atoms with Crippen molar-refractivity contribution in [1.82, 2.24) is 0 Å². The number of ether oxygens (including phenoxy) is 4. The minimum atomic E-state index is -4.96. The van der Waals surface area contributed by atoms with Gasteiger partial charge in [-0.2, -0.15) is 0 Å². The summed E-state index contributed by atoms with van der Waals surface area (Å²) >= 11 is 0. The fourth-order valence-electron chi connectivity index (χ4n) is 11.7. The Balaban J connectivity index is 5.24. The minimum Gasteiger partial charge on any atom is -0.462 e. The highest BCUT2D eigenvalue weighted by Gasteiger charge is 2.30. The van der Waals surface area contributed by atoms with Crippen molar-refractivity contribution in [2.45, 2.75) is 408 Å². The van der Waals surface area contributed by atoms with E-state index in [4.69, 9.17) is 37.0 Å². The van der Waals surface area contributed by atoms with Crippen molar-refractivity contribution in [2.24, 2.45) is 23.7 Å². The van der Waals surface area contributed by atoms with Gasteiger partial charge < -0.3 is 33.8 Å². The van der Waals surface area contributed by atoms with E-state index in [1.165, 1.54) is 186 Å². The summed E-state index contributed by atoms with van der Waals surface area (Å²) in [5, 5.41) is 10.6. The van der Waals surface area contributed by atoms with Gasteiger partial charge in [0.25, 0.3) is 0 Å². The number of phosphoric ester groups is 2. The van der Waals surface area contributed by atoms with Crippen LogP contribution in [0.4, 0.5) is 0 Å². The molecule has 4 unspecified atom stereocenters. The Hall–Kier alpha value is -1.94. The Labute approximate surface area is 588 Å². The van der Waals surface area contributed by atoms with Crippen molar-refractivity contribution in [3.05, 3.63) is 0 Å². The highest BCUT2D eigenvalue weighted by atomic mass is 31.2. The highest BCUT2D eigenvalue weighted by molar-refractivity contribution is 7.47. The number of unbranched alkanes of at least 4 members (excludes halogenated alkanes) is 38. The normalized spacial score (nSPS) is 14.7. The molecule has 0 fully saturated rings. The van der Waals surface area contributed by atoms with Gasteiger partial charge in [0.2, 0.25) is 0 Å². The van der Waals surface area contributed by atoms with E-state index in [0.717, 1.165) is 114 Å².